The second-order valence-electron chi connectivity index (χ2n) is 7.17. The van der Waals surface area contributed by atoms with Gasteiger partial charge in [-0.2, -0.15) is 0 Å². The Bertz CT molecular complexity index is 900. The lowest BCUT2D eigenvalue weighted by molar-refractivity contribution is -0.134. The number of ether oxygens (including phenoxy) is 4. The molecule has 2 aromatic rings. The van der Waals surface area contributed by atoms with Crippen molar-refractivity contribution in [2.75, 3.05) is 44.8 Å². The van der Waals surface area contributed by atoms with Crippen molar-refractivity contribution in [3.05, 3.63) is 42.5 Å². The summed E-state index contributed by atoms with van der Waals surface area (Å²) >= 11 is 0. The molecule has 32 heavy (non-hydrogen) atoms. The van der Waals surface area contributed by atoms with Crippen LogP contribution in [0, 0.1) is 0 Å². The minimum atomic E-state index is -0.262. The van der Waals surface area contributed by atoms with Crippen molar-refractivity contribution < 1.29 is 28.5 Å². The molecule has 0 unspecified atom stereocenters. The molecule has 2 aromatic carbocycles. The van der Waals surface area contributed by atoms with Crippen molar-refractivity contribution in [3.8, 4) is 23.0 Å². The van der Waals surface area contributed by atoms with Crippen molar-refractivity contribution >= 4 is 17.5 Å². The fourth-order valence-corrected chi connectivity index (χ4v) is 3.24. The first kappa shape index (κ1) is 23.2. The zero-order valence-electron chi connectivity index (χ0n) is 18.6. The molecule has 0 spiro atoms. The molecule has 0 radical (unpaired) electrons. The number of carbonyl (C=O) groups is 2. The van der Waals surface area contributed by atoms with Crippen LogP contribution in [0.25, 0.3) is 0 Å². The second kappa shape index (κ2) is 11.8. The summed E-state index contributed by atoms with van der Waals surface area (Å²) in [4.78, 5) is 26.5. The standard InChI is InChI=1S/C24H30N2O6/c1-3-26(17-23(27)25-18-7-12-21-22(16-18)32-15-14-31-21)24(28)6-5-13-30-20-10-8-19(9-11-20)29-4-2/h7-12,16H,3-6,13-15,17H2,1-2H3,(H,25,27). The lowest BCUT2D eigenvalue weighted by Gasteiger charge is -2.21. The topological polar surface area (TPSA) is 86.3 Å². The SMILES string of the molecule is CCOc1ccc(OCCCC(=O)N(CC)CC(=O)Nc2ccc3c(c2)OCCO3)cc1. The highest BCUT2D eigenvalue weighted by atomic mass is 16.6. The quantitative estimate of drug-likeness (QED) is 0.536. The van der Waals surface area contributed by atoms with Crippen LogP contribution < -0.4 is 24.3 Å². The summed E-state index contributed by atoms with van der Waals surface area (Å²) in [7, 11) is 0. The zero-order chi connectivity index (χ0) is 22.8. The molecule has 1 N–H and O–H groups in total. The van der Waals surface area contributed by atoms with Crippen LogP contribution in [-0.4, -0.2) is 56.2 Å². The van der Waals surface area contributed by atoms with Crippen LogP contribution in [0.15, 0.2) is 42.5 Å². The van der Waals surface area contributed by atoms with Gasteiger partial charge in [0, 0.05) is 24.7 Å². The van der Waals surface area contributed by atoms with Crippen molar-refractivity contribution in [1.82, 2.24) is 4.90 Å². The molecule has 1 aliphatic rings. The molecule has 0 saturated heterocycles. The highest BCUT2D eigenvalue weighted by molar-refractivity contribution is 5.94. The minimum Gasteiger partial charge on any atom is -0.494 e. The smallest absolute Gasteiger partial charge is 0.243 e. The third kappa shape index (κ3) is 6.80. The first-order chi connectivity index (χ1) is 15.6. The number of amides is 2. The van der Waals surface area contributed by atoms with Gasteiger partial charge in [-0.25, -0.2) is 0 Å². The Morgan fingerprint density at radius 1 is 0.969 bits per heavy atom. The molecule has 1 heterocycles. The Morgan fingerprint density at radius 3 is 2.34 bits per heavy atom. The van der Waals surface area contributed by atoms with Crippen molar-refractivity contribution in [1.29, 1.82) is 0 Å². The average Bonchev–Trinajstić information content (AvgIpc) is 2.81. The van der Waals surface area contributed by atoms with E-state index >= 15 is 0 Å². The van der Waals surface area contributed by atoms with Crippen LogP contribution in [0.3, 0.4) is 0 Å². The molecule has 0 atom stereocenters. The van der Waals surface area contributed by atoms with Gasteiger partial charge in [0.05, 0.1) is 19.8 Å². The number of nitrogens with zero attached hydrogens (tertiary/aromatic N) is 1. The third-order valence-electron chi connectivity index (χ3n) is 4.83. The monoisotopic (exact) mass is 442 g/mol. The van der Waals surface area contributed by atoms with Crippen LogP contribution >= 0.6 is 0 Å². The number of anilines is 1. The molecular formula is C24H30N2O6. The third-order valence-corrected chi connectivity index (χ3v) is 4.83. The van der Waals surface area contributed by atoms with Crippen LogP contribution in [-0.2, 0) is 9.59 Å². The minimum absolute atomic E-state index is 0.0104. The molecule has 0 fully saturated rings. The molecule has 8 nitrogen and oxygen atoms in total. The number of carbonyl (C=O) groups excluding carboxylic acids is 2. The fraction of sp³-hybridized carbons (Fsp3) is 0.417. The summed E-state index contributed by atoms with van der Waals surface area (Å²) in [5.74, 6) is 2.44. The Labute approximate surface area is 188 Å². The van der Waals surface area contributed by atoms with E-state index in [1.165, 1.54) is 4.90 Å². The number of benzene rings is 2. The summed E-state index contributed by atoms with van der Waals surface area (Å²) in [6, 6.07) is 12.6. The molecule has 0 aromatic heterocycles. The second-order valence-corrected chi connectivity index (χ2v) is 7.17. The van der Waals surface area contributed by atoms with Gasteiger partial charge in [-0.05, 0) is 56.7 Å². The summed E-state index contributed by atoms with van der Waals surface area (Å²) < 4.78 is 22.1. The lowest BCUT2D eigenvalue weighted by atomic mass is 10.2. The number of rotatable bonds is 11. The zero-order valence-corrected chi connectivity index (χ0v) is 18.6. The van der Waals surface area contributed by atoms with E-state index in [0.29, 0.717) is 63.0 Å². The number of hydrogen-bond acceptors (Lipinski definition) is 6. The fourth-order valence-electron chi connectivity index (χ4n) is 3.24. The molecule has 172 valence electrons. The van der Waals surface area contributed by atoms with Gasteiger partial charge in [-0.1, -0.05) is 0 Å². The predicted molar refractivity (Wildman–Crippen MR) is 121 cm³/mol. The van der Waals surface area contributed by atoms with E-state index in [2.05, 4.69) is 5.32 Å². The van der Waals surface area contributed by atoms with E-state index in [9.17, 15) is 9.59 Å². The Hall–Kier alpha value is -3.42. The van der Waals surface area contributed by atoms with Crippen molar-refractivity contribution in [2.24, 2.45) is 0 Å². The predicted octanol–water partition coefficient (Wildman–Crippen LogP) is 3.50. The highest BCUT2D eigenvalue weighted by Crippen LogP contribution is 2.32. The van der Waals surface area contributed by atoms with E-state index in [-0.39, 0.29) is 18.4 Å². The first-order valence-electron chi connectivity index (χ1n) is 10.9. The van der Waals surface area contributed by atoms with Crippen LogP contribution in [0.4, 0.5) is 5.69 Å². The molecule has 1 aliphatic heterocycles. The molecule has 3 rings (SSSR count). The Kier molecular flexibility index (Phi) is 8.60. The number of likely N-dealkylation sites (N-methyl/N-ethyl adjacent to an activating group) is 1. The van der Waals surface area contributed by atoms with Crippen LogP contribution in [0.2, 0.25) is 0 Å². The number of nitrogens with one attached hydrogen (secondary N) is 1. The van der Waals surface area contributed by atoms with Crippen molar-refractivity contribution in [2.45, 2.75) is 26.7 Å². The molecule has 0 saturated carbocycles. The number of hydrogen-bond donors (Lipinski definition) is 1. The maximum Gasteiger partial charge on any atom is 0.243 e. The van der Waals surface area contributed by atoms with Gasteiger partial charge in [0.25, 0.3) is 0 Å². The van der Waals surface area contributed by atoms with Gasteiger partial charge in [-0.3, -0.25) is 9.59 Å². The summed E-state index contributed by atoms with van der Waals surface area (Å²) in [6.07, 6.45) is 0.870. The first-order valence-corrected chi connectivity index (χ1v) is 10.9. The van der Waals surface area contributed by atoms with Crippen LogP contribution in [0.1, 0.15) is 26.7 Å². The lowest BCUT2D eigenvalue weighted by Crippen LogP contribution is -2.37. The molecule has 0 bridgehead atoms. The summed E-state index contributed by atoms with van der Waals surface area (Å²) in [5.41, 5.74) is 0.603. The Morgan fingerprint density at radius 2 is 1.66 bits per heavy atom. The molecule has 2 amide bonds. The normalized spacial score (nSPS) is 12.1. The van der Waals surface area contributed by atoms with Crippen molar-refractivity contribution in [3.63, 3.8) is 0 Å². The van der Waals surface area contributed by atoms with Gasteiger partial charge in [0.15, 0.2) is 11.5 Å². The number of fused-ring (bicyclic) bond motifs is 1. The summed E-state index contributed by atoms with van der Waals surface area (Å²) in [6.45, 7) is 6.25. The van der Waals surface area contributed by atoms with Gasteiger partial charge in [0.2, 0.25) is 11.8 Å². The van der Waals surface area contributed by atoms with Gasteiger partial charge < -0.3 is 29.2 Å². The van der Waals surface area contributed by atoms with E-state index < -0.39 is 0 Å². The van der Waals surface area contributed by atoms with E-state index in [1.807, 2.05) is 38.1 Å². The van der Waals surface area contributed by atoms with Gasteiger partial charge in [-0.15, -0.1) is 0 Å². The highest BCUT2D eigenvalue weighted by Gasteiger charge is 2.17. The maximum atomic E-state index is 12.5. The molecular weight excluding hydrogens is 412 g/mol. The molecule has 0 aliphatic carbocycles. The van der Waals surface area contributed by atoms with E-state index in [4.69, 9.17) is 18.9 Å². The average molecular weight is 443 g/mol. The Balaban J connectivity index is 1.40. The van der Waals surface area contributed by atoms with E-state index in [1.54, 1.807) is 18.2 Å². The van der Waals surface area contributed by atoms with E-state index in [0.717, 1.165) is 11.5 Å². The summed E-state index contributed by atoms with van der Waals surface area (Å²) in [5, 5.41) is 2.81. The van der Waals surface area contributed by atoms with Gasteiger partial charge >= 0.3 is 0 Å². The van der Waals surface area contributed by atoms with Gasteiger partial charge in [0.1, 0.15) is 24.7 Å². The molecule has 8 heteroatoms. The largest absolute Gasteiger partial charge is 0.494 e. The maximum absolute atomic E-state index is 12.5. The van der Waals surface area contributed by atoms with Crippen LogP contribution in [0.5, 0.6) is 23.0 Å².